The van der Waals surface area contributed by atoms with E-state index in [0.29, 0.717) is 11.3 Å². The van der Waals surface area contributed by atoms with Crippen LogP contribution in [0.1, 0.15) is 26.3 Å². The lowest BCUT2D eigenvalue weighted by atomic mass is 9.98. The first kappa shape index (κ1) is 18.1. The largest absolute Gasteiger partial charge is 0.287 e. The third-order valence-corrected chi connectivity index (χ3v) is 3.98. The van der Waals surface area contributed by atoms with Gasteiger partial charge in [-0.05, 0) is 19.1 Å². The summed E-state index contributed by atoms with van der Waals surface area (Å²) in [5.41, 5.74) is 1.60. The third-order valence-electron chi connectivity index (χ3n) is 3.98. The van der Waals surface area contributed by atoms with Gasteiger partial charge in [-0.2, -0.15) is 0 Å². The minimum absolute atomic E-state index is 0.222. The number of nitrogens with zero attached hydrogens (tertiary/aromatic N) is 1. The molecule has 0 atom stereocenters. The van der Waals surface area contributed by atoms with Crippen molar-refractivity contribution in [2.24, 2.45) is 4.99 Å². The Morgan fingerprint density at radius 2 is 1.11 bits per heavy atom. The highest BCUT2D eigenvalue weighted by atomic mass is 16.2. The van der Waals surface area contributed by atoms with E-state index in [1.807, 2.05) is 19.1 Å². The van der Waals surface area contributed by atoms with Crippen LogP contribution in [0.3, 0.4) is 0 Å². The van der Waals surface area contributed by atoms with Crippen LogP contribution in [-0.2, 0) is 4.79 Å². The molecule has 3 aromatic rings. The maximum atomic E-state index is 12.9. The second-order valence-corrected chi connectivity index (χ2v) is 6.02. The Morgan fingerprint density at radius 1 is 0.630 bits per heavy atom. The number of hydrogen-bond donors (Lipinski definition) is 0. The number of ketones is 3. The van der Waals surface area contributed by atoms with Gasteiger partial charge in [-0.3, -0.25) is 14.4 Å². The lowest BCUT2D eigenvalue weighted by Crippen LogP contribution is -2.30. The van der Waals surface area contributed by atoms with Crippen LogP contribution in [-0.4, -0.2) is 23.1 Å². The van der Waals surface area contributed by atoms with E-state index < -0.39 is 17.3 Å². The van der Waals surface area contributed by atoms with Crippen molar-refractivity contribution in [2.45, 2.75) is 6.92 Å². The standard InChI is InChI=1S/C23H17NO3/c1-16-12-14-19(15-13-16)24-20(21(25)17-8-4-2-5-9-17)23(27)22(26)18-10-6-3-7-11-18/h2-15H,1H3. The fourth-order valence-electron chi connectivity index (χ4n) is 2.51. The van der Waals surface area contributed by atoms with Crippen molar-refractivity contribution >= 4 is 28.7 Å². The molecule has 0 aliphatic carbocycles. The zero-order valence-corrected chi connectivity index (χ0v) is 14.8. The van der Waals surface area contributed by atoms with Crippen molar-refractivity contribution in [3.05, 3.63) is 102 Å². The molecule has 0 heterocycles. The second kappa shape index (κ2) is 8.15. The van der Waals surface area contributed by atoms with Crippen LogP contribution in [0.5, 0.6) is 0 Å². The molecule has 27 heavy (non-hydrogen) atoms. The van der Waals surface area contributed by atoms with E-state index in [2.05, 4.69) is 4.99 Å². The van der Waals surface area contributed by atoms with Gasteiger partial charge in [-0.1, -0.05) is 78.4 Å². The summed E-state index contributed by atoms with van der Waals surface area (Å²) in [5.74, 6) is -2.26. The van der Waals surface area contributed by atoms with Gasteiger partial charge in [-0.15, -0.1) is 0 Å². The maximum absolute atomic E-state index is 12.9. The van der Waals surface area contributed by atoms with Crippen LogP contribution in [0.4, 0.5) is 5.69 Å². The predicted octanol–water partition coefficient (Wildman–Crippen LogP) is 4.40. The highest BCUT2D eigenvalue weighted by Crippen LogP contribution is 2.16. The molecule has 0 aromatic heterocycles. The molecule has 0 aliphatic heterocycles. The summed E-state index contributed by atoms with van der Waals surface area (Å²) in [5, 5.41) is 0. The number of carbonyl (C=O) groups excluding carboxylic acids is 3. The lowest BCUT2D eigenvalue weighted by Gasteiger charge is -2.06. The zero-order valence-electron chi connectivity index (χ0n) is 14.8. The molecule has 0 saturated carbocycles. The maximum Gasteiger partial charge on any atom is 0.255 e. The van der Waals surface area contributed by atoms with Gasteiger partial charge in [0.2, 0.25) is 11.6 Å². The SMILES string of the molecule is Cc1ccc(N=C(C(=O)C(=O)c2ccccc2)C(=O)c2ccccc2)cc1. The van der Waals surface area contributed by atoms with Gasteiger partial charge >= 0.3 is 0 Å². The van der Waals surface area contributed by atoms with Gasteiger partial charge in [0.05, 0.1) is 5.69 Å². The molecule has 4 heteroatoms. The van der Waals surface area contributed by atoms with Crippen LogP contribution in [0.15, 0.2) is 89.9 Å². The molecule has 0 fully saturated rings. The van der Waals surface area contributed by atoms with E-state index in [9.17, 15) is 14.4 Å². The monoisotopic (exact) mass is 355 g/mol. The first-order valence-corrected chi connectivity index (χ1v) is 8.45. The van der Waals surface area contributed by atoms with E-state index in [0.717, 1.165) is 5.56 Å². The molecule has 0 amide bonds. The number of benzene rings is 3. The van der Waals surface area contributed by atoms with Gasteiger partial charge in [-0.25, -0.2) is 4.99 Å². The van der Waals surface area contributed by atoms with Gasteiger partial charge in [0.1, 0.15) is 0 Å². The van der Waals surface area contributed by atoms with E-state index in [1.165, 1.54) is 12.1 Å². The van der Waals surface area contributed by atoms with Gasteiger partial charge in [0.15, 0.2) is 5.71 Å². The van der Waals surface area contributed by atoms with Crippen LogP contribution in [0, 0.1) is 6.92 Å². The highest BCUT2D eigenvalue weighted by molar-refractivity contribution is 6.83. The lowest BCUT2D eigenvalue weighted by molar-refractivity contribution is -0.109. The van der Waals surface area contributed by atoms with Crippen molar-refractivity contribution in [2.75, 3.05) is 0 Å². The molecule has 0 unspecified atom stereocenters. The van der Waals surface area contributed by atoms with Crippen molar-refractivity contribution in [1.29, 1.82) is 0 Å². The van der Waals surface area contributed by atoms with Crippen LogP contribution in [0.25, 0.3) is 0 Å². The van der Waals surface area contributed by atoms with Crippen LogP contribution in [0.2, 0.25) is 0 Å². The molecule has 3 aromatic carbocycles. The van der Waals surface area contributed by atoms with Gasteiger partial charge < -0.3 is 0 Å². The molecule has 0 saturated heterocycles. The second-order valence-electron chi connectivity index (χ2n) is 6.02. The summed E-state index contributed by atoms with van der Waals surface area (Å²) in [6.45, 7) is 1.92. The molecular weight excluding hydrogens is 338 g/mol. The molecule has 0 bridgehead atoms. The average molecular weight is 355 g/mol. The van der Waals surface area contributed by atoms with E-state index in [-0.39, 0.29) is 11.3 Å². The smallest absolute Gasteiger partial charge is 0.255 e. The molecule has 0 aliphatic rings. The normalized spacial score (nSPS) is 11.1. The summed E-state index contributed by atoms with van der Waals surface area (Å²) in [6, 6.07) is 23.5. The average Bonchev–Trinajstić information content (AvgIpc) is 2.73. The van der Waals surface area contributed by atoms with Crippen molar-refractivity contribution in [3.63, 3.8) is 0 Å². The fraction of sp³-hybridized carbons (Fsp3) is 0.0435. The number of Topliss-reactive ketones (excluding diaryl/α,β-unsaturated/α-hetero) is 3. The highest BCUT2D eigenvalue weighted by Gasteiger charge is 2.28. The van der Waals surface area contributed by atoms with Crippen molar-refractivity contribution in [1.82, 2.24) is 0 Å². The first-order valence-electron chi connectivity index (χ1n) is 8.45. The quantitative estimate of drug-likeness (QED) is 0.285. The van der Waals surface area contributed by atoms with Crippen LogP contribution >= 0.6 is 0 Å². The van der Waals surface area contributed by atoms with Gasteiger partial charge in [0.25, 0.3) is 5.78 Å². The Bertz CT molecular complexity index is 1000. The number of hydrogen-bond acceptors (Lipinski definition) is 4. The van der Waals surface area contributed by atoms with Crippen LogP contribution < -0.4 is 0 Å². The Labute approximate surface area is 157 Å². The van der Waals surface area contributed by atoms with E-state index in [1.54, 1.807) is 60.7 Å². The molecular formula is C23H17NO3. The zero-order chi connectivity index (χ0) is 19.2. The fourth-order valence-corrected chi connectivity index (χ4v) is 2.51. The summed E-state index contributed by atoms with van der Waals surface area (Å²) in [7, 11) is 0. The third kappa shape index (κ3) is 4.30. The first-order chi connectivity index (χ1) is 13.1. The minimum atomic E-state index is -0.921. The summed E-state index contributed by atoms with van der Waals surface area (Å²) < 4.78 is 0. The Balaban J connectivity index is 2.04. The number of carbonyl (C=O) groups is 3. The number of rotatable bonds is 6. The Hall–Kier alpha value is -3.66. The molecule has 0 N–H and O–H groups in total. The van der Waals surface area contributed by atoms with E-state index >= 15 is 0 Å². The number of aliphatic imine (C=N–C) groups is 1. The van der Waals surface area contributed by atoms with Crippen molar-refractivity contribution < 1.29 is 14.4 Å². The predicted molar refractivity (Wildman–Crippen MR) is 105 cm³/mol. The van der Waals surface area contributed by atoms with Gasteiger partial charge in [0, 0.05) is 11.1 Å². The minimum Gasteiger partial charge on any atom is -0.287 e. The summed E-state index contributed by atoms with van der Waals surface area (Å²) >= 11 is 0. The Morgan fingerprint density at radius 3 is 1.63 bits per heavy atom. The molecule has 4 nitrogen and oxygen atoms in total. The molecule has 0 spiro atoms. The summed E-state index contributed by atoms with van der Waals surface area (Å²) in [4.78, 5) is 42.5. The Kier molecular flexibility index (Phi) is 5.47. The molecule has 0 radical (unpaired) electrons. The summed E-state index contributed by atoms with van der Waals surface area (Å²) in [6.07, 6.45) is 0. The van der Waals surface area contributed by atoms with Crippen molar-refractivity contribution in [3.8, 4) is 0 Å². The van der Waals surface area contributed by atoms with E-state index in [4.69, 9.17) is 0 Å². The molecule has 132 valence electrons. The molecule has 3 rings (SSSR count). The topological polar surface area (TPSA) is 63.6 Å². The number of aryl methyl sites for hydroxylation is 1.